The Morgan fingerprint density at radius 3 is 1.77 bits per heavy atom. The molecule has 4 heteroatoms. The zero-order valence-corrected chi connectivity index (χ0v) is 9.45. The molecule has 80 valence electrons. The maximum absolute atomic E-state index is 14.0. The van der Waals surface area contributed by atoms with Crippen LogP contribution in [-0.4, -0.2) is 14.8 Å². The number of halogens is 3. The minimum Gasteiger partial charge on any atom is -0.314 e. The number of hydrogen-bond donors (Lipinski definition) is 0. The van der Waals surface area contributed by atoms with Gasteiger partial charge in [-0.15, -0.1) is 0 Å². The standard InChI is InChI=1S/C9H19F3Si/c1-3-6-13(12,7-4-2)8-5-9(10)11/h9H,3-8H2,1-2H3. The quantitative estimate of drug-likeness (QED) is 0.434. The molecule has 0 nitrogen and oxygen atoms in total. The SMILES string of the molecule is CCC[Si](F)(CCC)CCC(F)F. The predicted molar refractivity (Wildman–Crippen MR) is 52.5 cm³/mol. The van der Waals surface area contributed by atoms with Crippen LogP contribution in [0.2, 0.25) is 18.1 Å². The molecule has 0 aliphatic rings. The Balaban J connectivity index is 3.91. The van der Waals surface area contributed by atoms with Gasteiger partial charge in [0.05, 0.1) is 0 Å². The maximum Gasteiger partial charge on any atom is 0.247 e. The molecule has 0 radical (unpaired) electrons. The lowest BCUT2D eigenvalue weighted by Gasteiger charge is -2.20. The summed E-state index contributed by atoms with van der Waals surface area (Å²) in [7, 11) is -2.79. The summed E-state index contributed by atoms with van der Waals surface area (Å²) in [5.41, 5.74) is 0. The van der Waals surface area contributed by atoms with Gasteiger partial charge in [-0.2, -0.15) is 0 Å². The molecule has 0 aromatic heterocycles. The van der Waals surface area contributed by atoms with Crippen LogP contribution in [0.25, 0.3) is 0 Å². The van der Waals surface area contributed by atoms with Crippen LogP contribution in [0.4, 0.5) is 12.9 Å². The average molecular weight is 212 g/mol. The van der Waals surface area contributed by atoms with Gasteiger partial charge in [0.1, 0.15) is 0 Å². The van der Waals surface area contributed by atoms with E-state index < -0.39 is 14.8 Å². The first-order chi connectivity index (χ1) is 6.04. The van der Waals surface area contributed by atoms with Crippen molar-refractivity contribution >= 4 is 8.41 Å². The van der Waals surface area contributed by atoms with Gasteiger partial charge in [0.2, 0.25) is 14.8 Å². The first-order valence-electron chi connectivity index (χ1n) is 5.01. The summed E-state index contributed by atoms with van der Waals surface area (Å²) in [6, 6.07) is 1.24. The highest BCUT2D eigenvalue weighted by molar-refractivity contribution is 6.73. The number of rotatable bonds is 7. The van der Waals surface area contributed by atoms with E-state index in [2.05, 4.69) is 0 Å². The fraction of sp³-hybridized carbons (Fsp3) is 1.00. The highest BCUT2D eigenvalue weighted by Gasteiger charge is 2.32. The van der Waals surface area contributed by atoms with Crippen LogP contribution >= 0.6 is 0 Å². The maximum atomic E-state index is 14.0. The number of alkyl halides is 2. The highest BCUT2D eigenvalue weighted by Crippen LogP contribution is 2.28. The van der Waals surface area contributed by atoms with Gasteiger partial charge in [0, 0.05) is 6.42 Å². The van der Waals surface area contributed by atoms with Crippen molar-refractivity contribution in [1.29, 1.82) is 0 Å². The molecule has 0 rings (SSSR count). The minimum atomic E-state index is -2.79. The van der Waals surface area contributed by atoms with E-state index in [-0.39, 0.29) is 12.5 Å². The molecule has 0 saturated heterocycles. The summed E-state index contributed by atoms with van der Waals surface area (Å²) < 4.78 is 37.8. The van der Waals surface area contributed by atoms with E-state index >= 15 is 0 Å². The molecule has 0 amide bonds. The summed E-state index contributed by atoms with van der Waals surface area (Å²) in [6.45, 7) is 3.83. The van der Waals surface area contributed by atoms with Gasteiger partial charge in [-0.05, 0) is 18.1 Å². The molecular weight excluding hydrogens is 193 g/mol. The summed E-state index contributed by atoms with van der Waals surface area (Å²) in [6.07, 6.45) is -1.02. The van der Waals surface area contributed by atoms with Crippen molar-refractivity contribution in [2.45, 2.75) is 57.7 Å². The Kier molecular flexibility index (Phi) is 6.46. The van der Waals surface area contributed by atoms with Crippen LogP contribution in [0.3, 0.4) is 0 Å². The third-order valence-corrected chi connectivity index (χ3v) is 6.18. The van der Waals surface area contributed by atoms with E-state index in [1.165, 1.54) is 0 Å². The van der Waals surface area contributed by atoms with E-state index in [9.17, 15) is 12.9 Å². The second-order valence-electron chi connectivity index (χ2n) is 3.58. The van der Waals surface area contributed by atoms with Crippen LogP contribution in [-0.2, 0) is 0 Å². The average Bonchev–Trinajstić information content (AvgIpc) is 2.02. The minimum absolute atomic E-state index is 0.145. The van der Waals surface area contributed by atoms with Gasteiger partial charge in [-0.25, -0.2) is 8.78 Å². The Labute approximate surface area is 79.7 Å². The van der Waals surface area contributed by atoms with Gasteiger partial charge in [0.15, 0.2) is 0 Å². The molecule has 13 heavy (non-hydrogen) atoms. The largest absolute Gasteiger partial charge is 0.314 e. The van der Waals surface area contributed by atoms with Gasteiger partial charge >= 0.3 is 0 Å². The van der Waals surface area contributed by atoms with Gasteiger partial charge in [0.25, 0.3) is 0 Å². The summed E-state index contributed by atoms with van der Waals surface area (Å²) in [5.74, 6) is 0. The Morgan fingerprint density at radius 1 is 1.00 bits per heavy atom. The molecular formula is C9H19F3Si. The lowest BCUT2D eigenvalue weighted by atomic mass is 10.5. The third kappa shape index (κ3) is 6.13. The smallest absolute Gasteiger partial charge is 0.247 e. The Morgan fingerprint density at radius 2 is 1.46 bits per heavy atom. The van der Waals surface area contributed by atoms with Crippen molar-refractivity contribution in [1.82, 2.24) is 0 Å². The van der Waals surface area contributed by atoms with E-state index in [1.54, 1.807) is 0 Å². The fourth-order valence-electron chi connectivity index (χ4n) is 1.64. The molecule has 0 bridgehead atoms. The molecule has 0 N–H and O–H groups in total. The molecule has 0 heterocycles. The Bertz CT molecular complexity index is 122. The second-order valence-corrected chi connectivity index (χ2v) is 7.38. The lowest BCUT2D eigenvalue weighted by molar-refractivity contribution is 0.143. The lowest BCUT2D eigenvalue weighted by Crippen LogP contribution is -2.28. The molecule has 0 atom stereocenters. The van der Waals surface area contributed by atoms with E-state index in [4.69, 9.17) is 0 Å². The van der Waals surface area contributed by atoms with E-state index in [0.29, 0.717) is 12.1 Å². The van der Waals surface area contributed by atoms with Crippen molar-refractivity contribution in [2.75, 3.05) is 0 Å². The van der Waals surface area contributed by atoms with Crippen LogP contribution in [0.15, 0.2) is 0 Å². The topological polar surface area (TPSA) is 0 Å². The number of hydrogen-bond acceptors (Lipinski definition) is 0. The van der Waals surface area contributed by atoms with Crippen LogP contribution < -0.4 is 0 Å². The zero-order chi connectivity index (χ0) is 10.3. The first-order valence-corrected chi connectivity index (χ1v) is 7.51. The van der Waals surface area contributed by atoms with Crippen LogP contribution in [0.5, 0.6) is 0 Å². The monoisotopic (exact) mass is 212 g/mol. The van der Waals surface area contributed by atoms with E-state index in [1.807, 2.05) is 13.8 Å². The molecule has 0 aromatic carbocycles. The molecule has 0 fully saturated rings. The normalized spacial score (nSPS) is 12.5. The van der Waals surface area contributed by atoms with Gasteiger partial charge < -0.3 is 4.11 Å². The third-order valence-electron chi connectivity index (χ3n) is 2.21. The van der Waals surface area contributed by atoms with Gasteiger partial charge in [-0.3, -0.25) is 0 Å². The Hall–Kier alpha value is 0.00688. The van der Waals surface area contributed by atoms with Crippen molar-refractivity contribution in [3.05, 3.63) is 0 Å². The van der Waals surface area contributed by atoms with E-state index in [0.717, 1.165) is 12.8 Å². The van der Waals surface area contributed by atoms with Crippen molar-refractivity contribution < 1.29 is 12.9 Å². The fourth-order valence-corrected chi connectivity index (χ4v) is 4.92. The molecule has 0 spiro atoms. The molecule has 0 unspecified atom stereocenters. The van der Waals surface area contributed by atoms with Crippen LogP contribution in [0, 0.1) is 0 Å². The van der Waals surface area contributed by atoms with Crippen LogP contribution in [0.1, 0.15) is 33.1 Å². The van der Waals surface area contributed by atoms with Gasteiger partial charge in [-0.1, -0.05) is 26.7 Å². The van der Waals surface area contributed by atoms with Crippen molar-refractivity contribution in [2.24, 2.45) is 0 Å². The summed E-state index contributed by atoms with van der Waals surface area (Å²) in [4.78, 5) is 0. The summed E-state index contributed by atoms with van der Waals surface area (Å²) >= 11 is 0. The molecule has 0 aliphatic carbocycles. The summed E-state index contributed by atoms with van der Waals surface area (Å²) in [5, 5.41) is 0. The highest BCUT2D eigenvalue weighted by atomic mass is 28.4. The second kappa shape index (κ2) is 6.46. The van der Waals surface area contributed by atoms with Crippen molar-refractivity contribution in [3.63, 3.8) is 0 Å². The first kappa shape index (κ1) is 13.0. The molecule has 0 saturated carbocycles. The molecule has 0 aromatic rings. The zero-order valence-electron chi connectivity index (χ0n) is 8.45. The molecule has 0 aliphatic heterocycles. The van der Waals surface area contributed by atoms with Crippen molar-refractivity contribution in [3.8, 4) is 0 Å². The predicted octanol–water partition coefficient (Wildman–Crippen LogP) is 4.38.